The van der Waals surface area contributed by atoms with Gasteiger partial charge in [0, 0.05) is 19.3 Å². The summed E-state index contributed by atoms with van der Waals surface area (Å²) in [5.41, 5.74) is 1.96. The summed E-state index contributed by atoms with van der Waals surface area (Å²) < 4.78 is 1.82. The lowest BCUT2D eigenvalue weighted by Crippen LogP contribution is -1.99. The maximum absolute atomic E-state index is 4.39. The molecule has 1 N–H and O–H groups in total. The van der Waals surface area contributed by atoms with Gasteiger partial charge in [0.25, 0.3) is 0 Å². The SMILES string of the molecule is CCc1cc2nccc(NC)n2n1. The third kappa shape index (κ3) is 1.24. The molecule has 0 fully saturated rings. The Hall–Kier alpha value is -1.58. The first-order valence-corrected chi connectivity index (χ1v) is 4.36. The van der Waals surface area contributed by atoms with Crippen molar-refractivity contribution in [1.82, 2.24) is 14.6 Å². The van der Waals surface area contributed by atoms with Crippen molar-refractivity contribution in [3.63, 3.8) is 0 Å². The minimum absolute atomic E-state index is 0.892. The number of anilines is 1. The van der Waals surface area contributed by atoms with Gasteiger partial charge < -0.3 is 5.32 Å². The van der Waals surface area contributed by atoms with Crippen molar-refractivity contribution in [3.8, 4) is 0 Å². The molecule has 0 saturated carbocycles. The summed E-state index contributed by atoms with van der Waals surface area (Å²) >= 11 is 0. The third-order valence-corrected chi connectivity index (χ3v) is 2.03. The Morgan fingerprint density at radius 1 is 1.54 bits per heavy atom. The van der Waals surface area contributed by atoms with E-state index in [0.717, 1.165) is 23.6 Å². The number of fused-ring (bicyclic) bond motifs is 1. The molecule has 2 aromatic rings. The second-order valence-corrected chi connectivity index (χ2v) is 2.84. The van der Waals surface area contributed by atoms with E-state index in [2.05, 4.69) is 22.3 Å². The van der Waals surface area contributed by atoms with Crippen LogP contribution in [0.15, 0.2) is 18.3 Å². The molecule has 2 aromatic heterocycles. The van der Waals surface area contributed by atoms with Crippen molar-refractivity contribution < 1.29 is 0 Å². The van der Waals surface area contributed by atoms with Gasteiger partial charge in [0.1, 0.15) is 5.82 Å². The van der Waals surface area contributed by atoms with E-state index in [-0.39, 0.29) is 0 Å². The molecule has 4 heteroatoms. The molecule has 13 heavy (non-hydrogen) atoms. The van der Waals surface area contributed by atoms with E-state index in [1.54, 1.807) is 6.20 Å². The van der Waals surface area contributed by atoms with E-state index in [9.17, 15) is 0 Å². The summed E-state index contributed by atoms with van der Waals surface area (Å²) in [4.78, 5) is 4.22. The van der Waals surface area contributed by atoms with Gasteiger partial charge in [-0.05, 0) is 12.5 Å². The predicted octanol–water partition coefficient (Wildman–Crippen LogP) is 1.33. The first kappa shape index (κ1) is 8.04. The van der Waals surface area contributed by atoms with Gasteiger partial charge in [0.15, 0.2) is 5.65 Å². The molecule has 0 aromatic carbocycles. The maximum Gasteiger partial charge on any atom is 0.157 e. The highest BCUT2D eigenvalue weighted by molar-refractivity contribution is 5.48. The summed E-state index contributed by atoms with van der Waals surface area (Å²) in [7, 11) is 1.88. The van der Waals surface area contributed by atoms with Gasteiger partial charge in [0.2, 0.25) is 0 Å². The van der Waals surface area contributed by atoms with E-state index in [4.69, 9.17) is 0 Å². The van der Waals surface area contributed by atoms with E-state index in [1.165, 1.54) is 0 Å². The van der Waals surface area contributed by atoms with Crippen molar-refractivity contribution in [3.05, 3.63) is 24.0 Å². The van der Waals surface area contributed by atoms with Gasteiger partial charge in [-0.15, -0.1) is 0 Å². The van der Waals surface area contributed by atoms with Crippen LogP contribution in [0.5, 0.6) is 0 Å². The number of hydrogen-bond acceptors (Lipinski definition) is 3. The Morgan fingerprint density at radius 3 is 3.08 bits per heavy atom. The number of hydrogen-bond donors (Lipinski definition) is 1. The fourth-order valence-corrected chi connectivity index (χ4v) is 1.30. The van der Waals surface area contributed by atoms with Crippen LogP contribution in [0.25, 0.3) is 5.65 Å². The van der Waals surface area contributed by atoms with Crippen LogP contribution in [-0.4, -0.2) is 21.6 Å². The molecule has 0 spiro atoms. The Morgan fingerprint density at radius 2 is 2.38 bits per heavy atom. The third-order valence-electron chi connectivity index (χ3n) is 2.03. The lowest BCUT2D eigenvalue weighted by Gasteiger charge is -2.00. The predicted molar refractivity (Wildman–Crippen MR) is 51.9 cm³/mol. The maximum atomic E-state index is 4.39. The molecule has 0 saturated heterocycles. The standard InChI is InChI=1S/C9H12N4/c1-3-7-6-9-11-5-4-8(10-2)13(9)12-7/h4-6,10H,3H2,1-2H3. The number of aromatic nitrogens is 3. The van der Waals surface area contributed by atoms with Crippen LogP contribution in [0.3, 0.4) is 0 Å². The highest BCUT2D eigenvalue weighted by Crippen LogP contribution is 2.10. The van der Waals surface area contributed by atoms with Crippen molar-refractivity contribution in [2.24, 2.45) is 0 Å². The fraction of sp³-hybridized carbons (Fsp3) is 0.333. The highest BCUT2D eigenvalue weighted by atomic mass is 15.3. The van der Waals surface area contributed by atoms with E-state index in [0.29, 0.717) is 0 Å². The van der Waals surface area contributed by atoms with Crippen molar-refractivity contribution in [2.45, 2.75) is 13.3 Å². The molecule has 0 aliphatic carbocycles. The monoisotopic (exact) mass is 176 g/mol. The van der Waals surface area contributed by atoms with Crippen LogP contribution in [0.4, 0.5) is 5.82 Å². The Labute approximate surface area is 76.6 Å². The summed E-state index contributed by atoms with van der Waals surface area (Å²) in [6.07, 6.45) is 2.72. The van der Waals surface area contributed by atoms with Gasteiger partial charge in [-0.1, -0.05) is 6.92 Å². The molecule has 0 amide bonds. The normalized spacial score (nSPS) is 10.6. The summed E-state index contributed by atoms with van der Waals surface area (Å²) in [5, 5.41) is 7.46. The molecule has 2 rings (SSSR count). The zero-order valence-corrected chi connectivity index (χ0v) is 7.78. The van der Waals surface area contributed by atoms with E-state index < -0.39 is 0 Å². The summed E-state index contributed by atoms with van der Waals surface area (Å²) in [5.74, 6) is 0.963. The minimum atomic E-state index is 0.892. The fourth-order valence-electron chi connectivity index (χ4n) is 1.30. The van der Waals surface area contributed by atoms with Crippen LogP contribution in [0.1, 0.15) is 12.6 Å². The number of aryl methyl sites for hydroxylation is 1. The molecule has 0 aliphatic heterocycles. The molecule has 0 unspecified atom stereocenters. The lowest BCUT2D eigenvalue weighted by atomic mass is 10.3. The number of nitrogens with one attached hydrogen (secondary N) is 1. The molecule has 4 nitrogen and oxygen atoms in total. The molecule has 0 bridgehead atoms. The Balaban J connectivity index is 2.67. The zero-order valence-electron chi connectivity index (χ0n) is 7.78. The molecule has 68 valence electrons. The number of rotatable bonds is 2. The van der Waals surface area contributed by atoms with Gasteiger partial charge in [0.05, 0.1) is 5.69 Å². The molecule has 0 radical (unpaired) electrons. The zero-order chi connectivity index (χ0) is 9.26. The van der Waals surface area contributed by atoms with Gasteiger partial charge >= 0.3 is 0 Å². The smallest absolute Gasteiger partial charge is 0.157 e. The van der Waals surface area contributed by atoms with E-state index >= 15 is 0 Å². The van der Waals surface area contributed by atoms with Crippen molar-refractivity contribution >= 4 is 11.5 Å². The average Bonchev–Trinajstić information content (AvgIpc) is 2.59. The minimum Gasteiger partial charge on any atom is -0.373 e. The summed E-state index contributed by atoms with van der Waals surface area (Å²) in [6, 6.07) is 3.90. The first-order valence-electron chi connectivity index (χ1n) is 4.36. The Kier molecular flexibility index (Phi) is 1.88. The second-order valence-electron chi connectivity index (χ2n) is 2.84. The van der Waals surface area contributed by atoms with Gasteiger partial charge in [-0.3, -0.25) is 0 Å². The van der Waals surface area contributed by atoms with Crippen LogP contribution in [-0.2, 0) is 6.42 Å². The van der Waals surface area contributed by atoms with Crippen LogP contribution in [0.2, 0.25) is 0 Å². The molecular formula is C9H12N4. The van der Waals surface area contributed by atoms with Gasteiger partial charge in [-0.2, -0.15) is 9.61 Å². The molecule has 2 heterocycles. The topological polar surface area (TPSA) is 42.2 Å². The molecular weight excluding hydrogens is 164 g/mol. The summed E-state index contributed by atoms with van der Waals surface area (Å²) in [6.45, 7) is 2.08. The molecule has 0 aliphatic rings. The van der Waals surface area contributed by atoms with Crippen molar-refractivity contribution in [1.29, 1.82) is 0 Å². The van der Waals surface area contributed by atoms with Crippen molar-refractivity contribution in [2.75, 3.05) is 12.4 Å². The van der Waals surface area contributed by atoms with Crippen LogP contribution < -0.4 is 5.32 Å². The average molecular weight is 176 g/mol. The quantitative estimate of drug-likeness (QED) is 0.750. The Bertz CT molecular complexity index is 418. The van der Waals surface area contributed by atoms with Gasteiger partial charge in [-0.25, -0.2) is 4.98 Å². The number of nitrogens with zero attached hydrogens (tertiary/aromatic N) is 3. The van der Waals surface area contributed by atoms with Crippen LogP contribution in [0, 0.1) is 0 Å². The second kappa shape index (κ2) is 3.05. The lowest BCUT2D eigenvalue weighted by molar-refractivity contribution is 0.891. The van der Waals surface area contributed by atoms with Crippen LogP contribution >= 0.6 is 0 Å². The first-order chi connectivity index (χ1) is 6.35. The largest absolute Gasteiger partial charge is 0.373 e. The highest BCUT2D eigenvalue weighted by Gasteiger charge is 2.02. The van der Waals surface area contributed by atoms with E-state index in [1.807, 2.05) is 23.7 Å². The molecule has 0 atom stereocenters.